The van der Waals surface area contributed by atoms with Gasteiger partial charge in [0.2, 0.25) is 0 Å². The molecule has 1 spiro atoms. The van der Waals surface area contributed by atoms with Gasteiger partial charge in [0.25, 0.3) is 0 Å². The Bertz CT molecular complexity index is 158. The maximum absolute atomic E-state index is 9.02. The van der Waals surface area contributed by atoms with E-state index in [2.05, 4.69) is 0 Å². The Morgan fingerprint density at radius 3 is 2.77 bits per heavy atom. The van der Waals surface area contributed by atoms with Crippen LogP contribution in [0.4, 0.5) is 0 Å². The van der Waals surface area contributed by atoms with Gasteiger partial charge in [0, 0.05) is 12.8 Å². The summed E-state index contributed by atoms with van der Waals surface area (Å²) in [7, 11) is 0. The molecule has 0 saturated carbocycles. The minimum atomic E-state index is -0.329. The monoisotopic (exact) mass is 186 g/mol. The third kappa shape index (κ3) is 2.03. The van der Waals surface area contributed by atoms with Crippen LogP contribution in [0.5, 0.6) is 0 Å². The molecule has 0 bridgehead atoms. The summed E-state index contributed by atoms with van der Waals surface area (Å²) in [6.45, 7) is 0.948. The van der Waals surface area contributed by atoms with Crippen molar-refractivity contribution in [1.29, 1.82) is 0 Å². The second kappa shape index (κ2) is 3.95. The van der Waals surface area contributed by atoms with Crippen molar-refractivity contribution in [3.63, 3.8) is 0 Å². The van der Waals surface area contributed by atoms with Crippen LogP contribution in [0.1, 0.15) is 38.5 Å². The molecule has 2 aliphatic rings. The van der Waals surface area contributed by atoms with Gasteiger partial charge in [-0.3, -0.25) is 0 Å². The lowest BCUT2D eigenvalue weighted by Gasteiger charge is -2.42. The summed E-state index contributed by atoms with van der Waals surface area (Å²) in [4.78, 5) is 0. The highest BCUT2D eigenvalue weighted by Crippen LogP contribution is 2.36. The van der Waals surface area contributed by atoms with Gasteiger partial charge in [-0.1, -0.05) is 0 Å². The molecule has 2 fully saturated rings. The van der Waals surface area contributed by atoms with Gasteiger partial charge in [-0.05, 0) is 25.7 Å². The van der Waals surface area contributed by atoms with Crippen LogP contribution < -0.4 is 0 Å². The third-order valence-electron chi connectivity index (χ3n) is 2.99. The molecule has 0 aliphatic carbocycles. The molecule has 2 aliphatic heterocycles. The second-order valence-corrected chi connectivity index (χ2v) is 4.03. The summed E-state index contributed by atoms with van der Waals surface area (Å²) in [5.74, 6) is -0.329. The molecule has 1 N–H and O–H groups in total. The van der Waals surface area contributed by atoms with Crippen LogP contribution in [-0.4, -0.2) is 30.2 Å². The maximum Gasteiger partial charge on any atom is 0.168 e. The van der Waals surface area contributed by atoms with Crippen LogP contribution in [0, 0.1) is 0 Å². The van der Waals surface area contributed by atoms with Gasteiger partial charge in [0.15, 0.2) is 5.79 Å². The fourth-order valence-corrected chi connectivity index (χ4v) is 2.27. The molecule has 0 aromatic heterocycles. The van der Waals surface area contributed by atoms with Crippen molar-refractivity contribution in [2.24, 2.45) is 0 Å². The van der Waals surface area contributed by atoms with E-state index >= 15 is 0 Å². The first-order chi connectivity index (χ1) is 6.35. The Morgan fingerprint density at radius 1 is 1.23 bits per heavy atom. The van der Waals surface area contributed by atoms with Gasteiger partial charge in [-0.2, -0.15) is 0 Å². The average Bonchev–Trinajstić information content (AvgIpc) is 2.19. The molecule has 2 saturated heterocycles. The molecule has 2 atom stereocenters. The predicted molar refractivity (Wildman–Crippen MR) is 48.3 cm³/mol. The molecule has 1 unspecified atom stereocenters. The van der Waals surface area contributed by atoms with Crippen LogP contribution in [-0.2, 0) is 9.47 Å². The number of rotatable bonds is 1. The first kappa shape index (κ1) is 9.44. The van der Waals surface area contributed by atoms with E-state index in [-0.39, 0.29) is 18.5 Å². The number of aliphatic hydroxyl groups is 1. The van der Waals surface area contributed by atoms with E-state index in [4.69, 9.17) is 14.6 Å². The number of hydrogen-bond acceptors (Lipinski definition) is 3. The Balaban J connectivity index is 1.95. The Labute approximate surface area is 79.0 Å². The molecule has 3 heteroatoms. The highest BCUT2D eigenvalue weighted by Gasteiger charge is 2.39. The Morgan fingerprint density at radius 2 is 2.08 bits per heavy atom. The molecule has 2 rings (SSSR count). The zero-order valence-electron chi connectivity index (χ0n) is 8.00. The molecule has 13 heavy (non-hydrogen) atoms. The van der Waals surface area contributed by atoms with Gasteiger partial charge >= 0.3 is 0 Å². The zero-order valence-corrected chi connectivity index (χ0v) is 8.00. The quantitative estimate of drug-likeness (QED) is 0.673. The van der Waals surface area contributed by atoms with Crippen LogP contribution in [0.25, 0.3) is 0 Å². The Kier molecular flexibility index (Phi) is 2.86. The highest BCUT2D eigenvalue weighted by molar-refractivity contribution is 4.80. The van der Waals surface area contributed by atoms with E-state index in [0.717, 1.165) is 38.7 Å². The van der Waals surface area contributed by atoms with Crippen LogP contribution in [0.2, 0.25) is 0 Å². The topological polar surface area (TPSA) is 38.7 Å². The summed E-state index contributed by atoms with van der Waals surface area (Å²) < 4.78 is 11.5. The first-order valence-electron chi connectivity index (χ1n) is 5.27. The molecule has 2 heterocycles. The van der Waals surface area contributed by atoms with E-state index in [1.165, 1.54) is 6.42 Å². The van der Waals surface area contributed by atoms with E-state index in [0.29, 0.717) is 0 Å². The minimum absolute atomic E-state index is 0.00634. The largest absolute Gasteiger partial charge is 0.394 e. The van der Waals surface area contributed by atoms with Crippen LogP contribution in [0.3, 0.4) is 0 Å². The van der Waals surface area contributed by atoms with Gasteiger partial charge in [-0.15, -0.1) is 0 Å². The lowest BCUT2D eigenvalue weighted by atomic mass is 9.95. The molecule has 0 amide bonds. The molecule has 0 aromatic carbocycles. The average molecular weight is 186 g/mol. The summed E-state index contributed by atoms with van der Waals surface area (Å²) in [5.41, 5.74) is 0. The molecular weight excluding hydrogens is 168 g/mol. The molecule has 3 nitrogen and oxygen atoms in total. The van der Waals surface area contributed by atoms with Crippen LogP contribution in [0.15, 0.2) is 0 Å². The van der Waals surface area contributed by atoms with Gasteiger partial charge in [0.05, 0.1) is 19.3 Å². The van der Waals surface area contributed by atoms with E-state index < -0.39 is 0 Å². The minimum Gasteiger partial charge on any atom is -0.394 e. The van der Waals surface area contributed by atoms with Crippen LogP contribution >= 0.6 is 0 Å². The van der Waals surface area contributed by atoms with Crippen molar-refractivity contribution in [1.82, 2.24) is 0 Å². The summed E-state index contributed by atoms with van der Waals surface area (Å²) in [5, 5.41) is 9.02. The van der Waals surface area contributed by atoms with Crippen molar-refractivity contribution in [2.45, 2.75) is 50.4 Å². The van der Waals surface area contributed by atoms with E-state index in [9.17, 15) is 0 Å². The lowest BCUT2D eigenvalue weighted by molar-refractivity contribution is -0.298. The van der Waals surface area contributed by atoms with E-state index in [1.54, 1.807) is 0 Å². The Hall–Kier alpha value is -0.120. The SMILES string of the molecule is OC[C@@H]1CCCC2(CCCCO2)O1. The lowest BCUT2D eigenvalue weighted by Crippen LogP contribution is -2.46. The van der Waals surface area contributed by atoms with Crippen molar-refractivity contribution < 1.29 is 14.6 Å². The smallest absolute Gasteiger partial charge is 0.168 e. The summed E-state index contributed by atoms with van der Waals surface area (Å²) in [6, 6.07) is 0. The van der Waals surface area contributed by atoms with Crippen molar-refractivity contribution >= 4 is 0 Å². The first-order valence-corrected chi connectivity index (χ1v) is 5.27. The normalized spacial score (nSPS) is 40.8. The molecule has 76 valence electrons. The zero-order chi connectivity index (χ0) is 9.15. The molecule has 0 radical (unpaired) electrons. The summed E-state index contributed by atoms with van der Waals surface area (Å²) >= 11 is 0. The van der Waals surface area contributed by atoms with Gasteiger partial charge in [0.1, 0.15) is 0 Å². The van der Waals surface area contributed by atoms with Crippen molar-refractivity contribution in [2.75, 3.05) is 13.2 Å². The number of hydrogen-bond donors (Lipinski definition) is 1. The van der Waals surface area contributed by atoms with Crippen molar-refractivity contribution in [3.8, 4) is 0 Å². The molecule has 0 aromatic rings. The fraction of sp³-hybridized carbons (Fsp3) is 1.00. The fourth-order valence-electron chi connectivity index (χ4n) is 2.27. The van der Waals surface area contributed by atoms with E-state index in [1.807, 2.05) is 0 Å². The van der Waals surface area contributed by atoms with Crippen molar-refractivity contribution in [3.05, 3.63) is 0 Å². The standard InChI is InChI=1S/C10H18O3/c11-8-9-4-3-6-10(13-9)5-1-2-7-12-10/h9,11H,1-8H2/t9-,10?/m0/s1. The predicted octanol–water partition coefficient (Wildman–Crippen LogP) is 1.44. The number of aliphatic hydroxyl groups excluding tert-OH is 1. The van der Waals surface area contributed by atoms with Gasteiger partial charge < -0.3 is 14.6 Å². The van der Waals surface area contributed by atoms with Gasteiger partial charge in [-0.25, -0.2) is 0 Å². The number of ether oxygens (including phenoxy) is 2. The second-order valence-electron chi connectivity index (χ2n) is 4.03. The summed E-state index contributed by atoms with van der Waals surface area (Å²) in [6.07, 6.45) is 6.44. The third-order valence-corrected chi connectivity index (χ3v) is 2.99. The highest BCUT2D eigenvalue weighted by atomic mass is 16.7. The molecular formula is C10H18O3. The maximum atomic E-state index is 9.02.